The predicted molar refractivity (Wildman–Crippen MR) is 70.2 cm³/mol. The maximum atomic E-state index is 10.9. The Morgan fingerprint density at radius 2 is 2.42 bits per heavy atom. The minimum absolute atomic E-state index is 0.249. The molecular formula is C13H14N4O2. The second-order valence-electron chi connectivity index (χ2n) is 4.53. The summed E-state index contributed by atoms with van der Waals surface area (Å²) in [5.74, 6) is 1.10. The second-order valence-corrected chi connectivity index (χ2v) is 4.53. The Hall–Kier alpha value is -2.50. The van der Waals surface area contributed by atoms with Crippen LogP contribution in [0.1, 0.15) is 17.2 Å². The molecule has 1 atom stereocenters. The number of ether oxygens (including phenoxy) is 1. The highest BCUT2D eigenvalue weighted by molar-refractivity contribution is 5.88. The molecular weight excluding hydrogens is 244 g/mol. The van der Waals surface area contributed by atoms with Gasteiger partial charge in [0.15, 0.2) is 0 Å². The zero-order chi connectivity index (χ0) is 13.2. The number of anilines is 1. The summed E-state index contributed by atoms with van der Waals surface area (Å²) < 4.78 is 5.73. The number of carbonyl (C=O) groups excluding carboxylic acids is 1. The number of benzene rings is 1. The first-order chi connectivity index (χ1) is 9.22. The minimum Gasteiger partial charge on any atom is -0.493 e. The summed E-state index contributed by atoms with van der Waals surface area (Å²) in [4.78, 5) is 18.0. The molecule has 2 amide bonds. The smallest absolute Gasteiger partial charge is 0.316 e. The number of nitrogens with zero attached hydrogens (tertiary/aromatic N) is 1. The van der Waals surface area contributed by atoms with Gasteiger partial charge < -0.3 is 20.8 Å². The highest BCUT2D eigenvalue weighted by atomic mass is 16.5. The first kappa shape index (κ1) is 11.6. The maximum absolute atomic E-state index is 10.9. The van der Waals surface area contributed by atoms with Gasteiger partial charge in [-0.3, -0.25) is 0 Å². The number of nitrogens with one attached hydrogen (secondary N) is 2. The van der Waals surface area contributed by atoms with Crippen molar-refractivity contribution in [1.82, 2.24) is 9.97 Å². The maximum Gasteiger partial charge on any atom is 0.316 e. The normalized spacial score (nSPS) is 17.4. The Kier molecular flexibility index (Phi) is 2.83. The van der Waals surface area contributed by atoms with Crippen LogP contribution < -0.4 is 15.8 Å². The summed E-state index contributed by atoms with van der Waals surface area (Å²) in [6.07, 6.45) is 4.31. The van der Waals surface area contributed by atoms with Crippen molar-refractivity contribution in [1.29, 1.82) is 0 Å². The summed E-state index contributed by atoms with van der Waals surface area (Å²) in [5.41, 5.74) is 7.90. The van der Waals surface area contributed by atoms with Crippen LogP contribution >= 0.6 is 0 Å². The number of aromatic amines is 1. The lowest BCUT2D eigenvalue weighted by Gasteiger charge is -2.25. The number of hydrogen-bond donors (Lipinski definition) is 3. The lowest BCUT2D eigenvalue weighted by molar-refractivity contribution is 0.258. The molecule has 0 bridgehead atoms. The average Bonchev–Trinajstić information content (AvgIpc) is 2.91. The van der Waals surface area contributed by atoms with Crippen LogP contribution in [-0.2, 0) is 6.42 Å². The third-order valence-corrected chi connectivity index (χ3v) is 3.19. The summed E-state index contributed by atoms with van der Waals surface area (Å²) >= 11 is 0. The van der Waals surface area contributed by atoms with Crippen LogP contribution in [0.3, 0.4) is 0 Å². The zero-order valence-electron chi connectivity index (χ0n) is 10.2. The molecule has 1 aromatic carbocycles. The van der Waals surface area contributed by atoms with Crippen molar-refractivity contribution in [3.8, 4) is 5.75 Å². The molecule has 2 aromatic rings. The molecule has 0 saturated heterocycles. The number of carbonyl (C=O) groups is 1. The van der Waals surface area contributed by atoms with E-state index >= 15 is 0 Å². The van der Waals surface area contributed by atoms with Crippen LogP contribution in [0.2, 0.25) is 0 Å². The predicted octanol–water partition coefficient (Wildman–Crippen LogP) is 1.62. The molecule has 6 nitrogen and oxygen atoms in total. The monoisotopic (exact) mass is 258 g/mol. The van der Waals surface area contributed by atoms with Crippen molar-refractivity contribution in [2.24, 2.45) is 5.73 Å². The topological polar surface area (TPSA) is 93.0 Å². The Balaban J connectivity index is 1.84. The van der Waals surface area contributed by atoms with E-state index in [9.17, 15) is 4.79 Å². The van der Waals surface area contributed by atoms with Gasteiger partial charge in [-0.1, -0.05) is 0 Å². The second kappa shape index (κ2) is 4.64. The van der Waals surface area contributed by atoms with Crippen molar-refractivity contribution in [3.63, 3.8) is 0 Å². The van der Waals surface area contributed by atoms with Gasteiger partial charge in [-0.2, -0.15) is 0 Å². The minimum atomic E-state index is -0.568. The molecule has 1 unspecified atom stereocenters. The first-order valence-corrected chi connectivity index (χ1v) is 6.03. The van der Waals surface area contributed by atoms with Gasteiger partial charge in [-0.25, -0.2) is 9.78 Å². The molecule has 0 fully saturated rings. The number of nitrogens with two attached hydrogens (primary N) is 1. The standard InChI is InChI=1S/C13H14N4O2/c14-13(18)17-10-1-2-12-8(4-10)3-9(6-19-12)11-5-15-7-16-11/h1-2,4-5,7,9H,3,6H2,(H,15,16)(H3,14,17,18). The first-order valence-electron chi connectivity index (χ1n) is 6.03. The van der Waals surface area contributed by atoms with Gasteiger partial charge in [-0.05, 0) is 30.2 Å². The number of urea groups is 1. The van der Waals surface area contributed by atoms with Crippen LogP contribution in [0, 0.1) is 0 Å². The van der Waals surface area contributed by atoms with E-state index in [0.29, 0.717) is 12.3 Å². The van der Waals surface area contributed by atoms with Gasteiger partial charge in [-0.15, -0.1) is 0 Å². The molecule has 4 N–H and O–H groups in total. The van der Waals surface area contributed by atoms with E-state index in [2.05, 4.69) is 15.3 Å². The van der Waals surface area contributed by atoms with Gasteiger partial charge in [0.05, 0.1) is 12.9 Å². The number of primary amides is 1. The highest BCUT2D eigenvalue weighted by Gasteiger charge is 2.22. The number of H-pyrrole nitrogens is 1. The van der Waals surface area contributed by atoms with E-state index in [4.69, 9.17) is 10.5 Å². The van der Waals surface area contributed by atoms with E-state index in [1.807, 2.05) is 18.3 Å². The molecule has 0 saturated carbocycles. The van der Waals surface area contributed by atoms with E-state index in [-0.39, 0.29) is 5.92 Å². The third kappa shape index (κ3) is 2.37. The number of amides is 2. The van der Waals surface area contributed by atoms with Crippen molar-refractivity contribution >= 4 is 11.7 Å². The number of rotatable bonds is 2. The van der Waals surface area contributed by atoms with Gasteiger partial charge in [0.1, 0.15) is 5.75 Å². The molecule has 6 heteroatoms. The Labute approximate surface area is 110 Å². The van der Waals surface area contributed by atoms with Crippen LogP contribution in [0.25, 0.3) is 0 Å². The van der Waals surface area contributed by atoms with Crippen molar-refractivity contribution in [2.45, 2.75) is 12.3 Å². The Morgan fingerprint density at radius 3 is 3.16 bits per heavy atom. The van der Waals surface area contributed by atoms with Crippen molar-refractivity contribution in [2.75, 3.05) is 11.9 Å². The summed E-state index contributed by atoms with van der Waals surface area (Å²) in [6, 6.07) is 4.95. The highest BCUT2D eigenvalue weighted by Crippen LogP contribution is 2.33. The molecule has 0 radical (unpaired) electrons. The van der Waals surface area contributed by atoms with E-state index in [1.165, 1.54) is 0 Å². The fraction of sp³-hybridized carbons (Fsp3) is 0.231. The van der Waals surface area contributed by atoms with Gasteiger partial charge in [0.25, 0.3) is 0 Å². The fourth-order valence-corrected chi connectivity index (χ4v) is 2.30. The van der Waals surface area contributed by atoms with Crippen LogP contribution in [0.15, 0.2) is 30.7 Å². The van der Waals surface area contributed by atoms with Crippen LogP contribution in [-0.4, -0.2) is 22.6 Å². The van der Waals surface area contributed by atoms with Gasteiger partial charge >= 0.3 is 6.03 Å². The molecule has 2 heterocycles. The molecule has 0 aliphatic carbocycles. The van der Waals surface area contributed by atoms with E-state index < -0.39 is 6.03 Å². The van der Waals surface area contributed by atoms with Crippen LogP contribution in [0.5, 0.6) is 5.75 Å². The zero-order valence-corrected chi connectivity index (χ0v) is 10.2. The number of imidazole rings is 1. The van der Waals surface area contributed by atoms with Crippen LogP contribution in [0.4, 0.5) is 10.5 Å². The molecule has 0 spiro atoms. The lowest BCUT2D eigenvalue weighted by atomic mass is 9.94. The largest absolute Gasteiger partial charge is 0.493 e. The average molecular weight is 258 g/mol. The SMILES string of the molecule is NC(=O)Nc1ccc2c(c1)CC(c1cnc[nH]1)CO2. The van der Waals surface area contributed by atoms with E-state index in [0.717, 1.165) is 23.4 Å². The molecule has 19 heavy (non-hydrogen) atoms. The lowest BCUT2D eigenvalue weighted by Crippen LogP contribution is -2.21. The Morgan fingerprint density at radius 1 is 1.53 bits per heavy atom. The quantitative estimate of drug-likeness (QED) is 0.764. The number of aromatic nitrogens is 2. The Bertz CT molecular complexity index is 595. The number of fused-ring (bicyclic) bond motifs is 1. The van der Waals surface area contributed by atoms with Crippen molar-refractivity contribution in [3.05, 3.63) is 42.0 Å². The summed E-state index contributed by atoms with van der Waals surface area (Å²) in [7, 11) is 0. The molecule has 98 valence electrons. The molecule has 3 rings (SSSR count). The van der Waals surface area contributed by atoms with Crippen molar-refractivity contribution < 1.29 is 9.53 Å². The fourth-order valence-electron chi connectivity index (χ4n) is 2.30. The molecule has 1 aliphatic heterocycles. The summed E-state index contributed by atoms with van der Waals surface area (Å²) in [6.45, 7) is 0.623. The molecule has 1 aliphatic rings. The molecule has 1 aromatic heterocycles. The number of hydrogen-bond acceptors (Lipinski definition) is 3. The summed E-state index contributed by atoms with van der Waals surface area (Å²) in [5, 5.41) is 2.57. The third-order valence-electron chi connectivity index (χ3n) is 3.19. The van der Waals surface area contributed by atoms with Gasteiger partial charge in [0.2, 0.25) is 0 Å². The van der Waals surface area contributed by atoms with Gasteiger partial charge in [0, 0.05) is 23.5 Å². The van der Waals surface area contributed by atoms with E-state index in [1.54, 1.807) is 12.4 Å².